The van der Waals surface area contributed by atoms with E-state index in [1.165, 1.54) is 38.8 Å². The maximum Gasteiger partial charge on any atom is 0.416 e. The molecule has 0 fully saturated rings. The molecule has 1 aliphatic carbocycles. The van der Waals surface area contributed by atoms with Gasteiger partial charge in [-0.25, -0.2) is 0 Å². The highest BCUT2D eigenvalue weighted by Crippen LogP contribution is 2.33. The van der Waals surface area contributed by atoms with Crippen LogP contribution in [0.15, 0.2) is 30.3 Å². The van der Waals surface area contributed by atoms with E-state index >= 15 is 0 Å². The van der Waals surface area contributed by atoms with E-state index in [-0.39, 0.29) is 18.0 Å². The van der Waals surface area contributed by atoms with Gasteiger partial charge in [0.1, 0.15) is 0 Å². The molecule has 0 spiro atoms. The molecule has 0 bridgehead atoms. The van der Waals surface area contributed by atoms with Gasteiger partial charge in [-0.2, -0.15) is 13.2 Å². The molecule has 2 nitrogen and oxygen atoms in total. The Morgan fingerprint density at radius 2 is 2.00 bits per heavy atom. The number of nitrogens with zero attached hydrogens (tertiary/aromatic N) is 1. The van der Waals surface area contributed by atoms with Gasteiger partial charge in [0.05, 0.1) is 10.4 Å². The molecule has 1 heterocycles. The first kappa shape index (κ1) is 16.1. The van der Waals surface area contributed by atoms with Crippen molar-refractivity contribution in [3.8, 4) is 0 Å². The van der Waals surface area contributed by atoms with Crippen LogP contribution in [0.3, 0.4) is 0 Å². The SMILES string of the molecule is CN(Cc1ccccc1C(F)(F)F)C(=O)c1cc2c(s1)CCC2. The molecule has 3 rings (SSSR count). The fraction of sp³-hybridized carbons (Fsp3) is 0.353. The Labute approximate surface area is 136 Å². The lowest BCUT2D eigenvalue weighted by molar-refractivity contribution is -0.138. The molecule has 0 atom stereocenters. The first-order valence-electron chi connectivity index (χ1n) is 7.38. The van der Waals surface area contributed by atoms with E-state index < -0.39 is 11.7 Å². The summed E-state index contributed by atoms with van der Waals surface area (Å²) < 4.78 is 39.1. The second-order valence-electron chi connectivity index (χ2n) is 5.73. The van der Waals surface area contributed by atoms with Crippen molar-refractivity contribution < 1.29 is 18.0 Å². The maximum absolute atomic E-state index is 13.0. The summed E-state index contributed by atoms with van der Waals surface area (Å²) in [4.78, 5) is 15.7. The molecule has 6 heteroatoms. The normalized spacial score (nSPS) is 13.9. The van der Waals surface area contributed by atoms with Crippen LogP contribution in [0.5, 0.6) is 0 Å². The number of carbonyl (C=O) groups excluding carboxylic acids is 1. The van der Waals surface area contributed by atoms with Crippen LogP contribution in [-0.4, -0.2) is 17.9 Å². The number of aryl methyl sites for hydroxylation is 2. The number of hydrogen-bond acceptors (Lipinski definition) is 2. The number of fused-ring (bicyclic) bond motifs is 1. The largest absolute Gasteiger partial charge is 0.416 e. The van der Waals surface area contributed by atoms with E-state index in [9.17, 15) is 18.0 Å². The molecular formula is C17H16F3NOS. The summed E-state index contributed by atoms with van der Waals surface area (Å²) in [6.45, 7) is -0.0584. The third kappa shape index (κ3) is 3.27. The molecule has 2 aromatic rings. The minimum Gasteiger partial charge on any atom is -0.337 e. The third-order valence-corrected chi connectivity index (χ3v) is 5.26. The monoisotopic (exact) mass is 339 g/mol. The van der Waals surface area contributed by atoms with Gasteiger partial charge in [0, 0.05) is 18.5 Å². The Morgan fingerprint density at radius 3 is 2.70 bits per heavy atom. The van der Waals surface area contributed by atoms with Crippen molar-refractivity contribution >= 4 is 17.2 Å². The fourth-order valence-electron chi connectivity index (χ4n) is 2.88. The fourth-order valence-corrected chi connectivity index (χ4v) is 4.13. The lowest BCUT2D eigenvalue weighted by Gasteiger charge is -2.19. The van der Waals surface area contributed by atoms with E-state index in [4.69, 9.17) is 0 Å². The predicted molar refractivity (Wildman–Crippen MR) is 83.6 cm³/mol. The minimum atomic E-state index is -4.41. The maximum atomic E-state index is 13.0. The van der Waals surface area contributed by atoms with Crippen molar-refractivity contribution in [2.24, 2.45) is 0 Å². The van der Waals surface area contributed by atoms with Crippen LogP contribution in [0.1, 0.15) is 37.7 Å². The molecule has 122 valence electrons. The van der Waals surface area contributed by atoms with Gasteiger partial charge in [0.2, 0.25) is 0 Å². The molecule has 1 aromatic heterocycles. The molecule has 0 N–H and O–H groups in total. The highest BCUT2D eigenvalue weighted by atomic mass is 32.1. The molecule has 1 aliphatic rings. The molecule has 0 saturated carbocycles. The molecule has 0 radical (unpaired) electrons. The van der Waals surface area contributed by atoms with E-state index in [1.807, 2.05) is 6.07 Å². The van der Waals surface area contributed by atoms with Crippen LogP contribution in [-0.2, 0) is 25.6 Å². The summed E-state index contributed by atoms with van der Waals surface area (Å²) in [5.41, 5.74) is 0.635. The zero-order chi connectivity index (χ0) is 16.6. The first-order chi connectivity index (χ1) is 10.9. The lowest BCUT2D eigenvalue weighted by atomic mass is 10.1. The summed E-state index contributed by atoms with van der Waals surface area (Å²) in [6, 6.07) is 7.27. The molecular weight excluding hydrogens is 323 g/mol. The van der Waals surface area contributed by atoms with Crippen molar-refractivity contribution in [2.75, 3.05) is 7.05 Å². The van der Waals surface area contributed by atoms with E-state index in [0.717, 1.165) is 25.3 Å². The average Bonchev–Trinajstić information content (AvgIpc) is 3.07. The van der Waals surface area contributed by atoms with Gasteiger partial charge in [-0.1, -0.05) is 18.2 Å². The number of thiophene rings is 1. The number of amides is 1. The van der Waals surface area contributed by atoms with Crippen LogP contribution in [0, 0.1) is 0 Å². The standard InChI is InChI=1S/C17H16F3NOS/c1-21(10-12-5-2-3-7-13(12)17(18,19)20)16(22)15-9-11-6-4-8-14(11)23-15/h2-3,5,7,9H,4,6,8,10H2,1H3. The second kappa shape index (κ2) is 6.00. The van der Waals surface area contributed by atoms with Crippen molar-refractivity contribution in [1.29, 1.82) is 0 Å². The zero-order valence-electron chi connectivity index (χ0n) is 12.6. The minimum absolute atomic E-state index is 0.0584. The number of hydrogen-bond donors (Lipinski definition) is 0. The van der Waals surface area contributed by atoms with Gasteiger partial charge in [0.25, 0.3) is 5.91 Å². The van der Waals surface area contributed by atoms with Gasteiger partial charge < -0.3 is 4.90 Å². The van der Waals surface area contributed by atoms with Gasteiger partial charge in [0.15, 0.2) is 0 Å². The Hall–Kier alpha value is -1.82. The van der Waals surface area contributed by atoms with E-state index in [0.29, 0.717) is 4.88 Å². The number of carbonyl (C=O) groups is 1. The van der Waals surface area contributed by atoms with Gasteiger partial charge in [-0.05, 0) is 42.5 Å². The topological polar surface area (TPSA) is 20.3 Å². The smallest absolute Gasteiger partial charge is 0.337 e. The number of halogens is 3. The van der Waals surface area contributed by atoms with Crippen molar-refractivity contribution in [2.45, 2.75) is 32.0 Å². The molecule has 23 heavy (non-hydrogen) atoms. The van der Waals surface area contributed by atoms with E-state index in [2.05, 4.69) is 0 Å². The highest BCUT2D eigenvalue weighted by molar-refractivity contribution is 7.14. The summed E-state index contributed by atoms with van der Waals surface area (Å²) in [7, 11) is 1.54. The summed E-state index contributed by atoms with van der Waals surface area (Å²) in [5.74, 6) is -0.221. The van der Waals surface area contributed by atoms with Crippen molar-refractivity contribution in [1.82, 2.24) is 4.90 Å². The van der Waals surface area contributed by atoms with Gasteiger partial charge >= 0.3 is 6.18 Å². The van der Waals surface area contributed by atoms with Crippen LogP contribution >= 0.6 is 11.3 Å². The lowest BCUT2D eigenvalue weighted by Crippen LogP contribution is -2.26. The van der Waals surface area contributed by atoms with Crippen molar-refractivity contribution in [3.63, 3.8) is 0 Å². The Morgan fingerprint density at radius 1 is 1.26 bits per heavy atom. The number of alkyl halides is 3. The van der Waals surface area contributed by atoms with Crippen molar-refractivity contribution in [3.05, 3.63) is 56.8 Å². The quantitative estimate of drug-likeness (QED) is 0.805. The third-order valence-electron chi connectivity index (χ3n) is 4.03. The van der Waals surface area contributed by atoms with Crippen LogP contribution in [0.25, 0.3) is 0 Å². The van der Waals surface area contributed by atoms with E-state index in [1.54, 1.807) is 13.1 Å². The number of benzene rings is 1. The Kier molecular flexibility index (Phi) is 4.19. The predicted octanol–water partition coefficient (Wildman–Crippen LogP) is 4.53. The zero-order valence-corrected chi connectivity index (χ0v) is 13.4. The molecule has 0 unspecified atom stereocenters. The van der Waals surface area contributed by atoms with Gasteiger partial charge in [-0.3, -0.25) is 4.79 Å². The molecule has 1 aromatic carbocycles. The summed E-state index contributed by atoms with van der Waals surface area (Å²) >= 11 is 1.47. The average molecular weight is 339 g/mol. The Balaban J connectivity index is 1.79. The van der Waals surface area contributed by atoms with Crippen LogP contribution in [0.2, 0.25) is 0 Å². The molecule has 0 aliphatic heterocycles. The van der Waals surface area contributed by atoms with Crippen LogP contribution < -0.4 is 0 Å². The summed E-state index contributed by atoms with van der Waals surface area (Å²) in [5, 5.41) is 0. The summed E-state index contributed by atoms with van der Waals surface area (Å²) in [6.07, 6.45) is -1.32. The van der Waals surface area contributed by atoms with Gasteiger partial charge in [-0.15, -0.1) is 11.3 Å². The Bertz CT molecular complexity index is 714. The molecule has 0 saturated heterocycles. The molecule has 1 amide bonds. The highest BCUT2D eigenvalue weighted by Gasteiger charge is 2.33. The van der Waals surface area contributed by atoms with Crippen LogP contribution in [0.4, 0.5) is 13.2 Å². The number of rotatable bonds is 3. The second-order valence-corrected chi connectivity index (χ2v) is 6.87. The first-order valence-corrected chi connectivity index (χ1v) is 8.20.